The Kier molecular flexibility index (Phi) is 4.41. The highest BCUT2D eigenvalue weighted by Gasteiger charge is 2.14. The van der Waals surface area contributed by atoms with E-state index in [9.17, 15) is 20.0 Å². The number of benzene rings is 1. The number of aliphatic hydroxyl groups excluding tert-OH is 1. The lowest BCUT2D eigenvalue weighted by atomic mass is 10.1. The summed E-state index contributed by atoms with van der Waals surface area (Å²) in [7, 11) is 0. The fraction of sp³-hybridized carbons (Fsp3) is 0.300. The zero-order valence-corrected chi connectivity index (χ0v) is 8.88. The molecular formula is C10H11N2O5-. The number of hydrogen-bond acceptors (Lipinski definition) is 6. The van der Waals surface area contributed by atoms with Gasteiger partial charge in [-0.15, -0.1) is 0 Å². The lowest BCUT2D eigenvalue weighted by molar-refractivity contribution is -0.384. The molecule has 0 spiro atoms. The van der Waals surface area contributed by atoms with Gasteiger partial charge in [-0.05, 0) is 12.5 Å². The largest absolute Gasteiger partial charge is 0.545 e. The molecule has 1 aromatic rings. The smallest absolute Gasteiger partial charge is 0.292 e. The summed E-state index contributed by atoms with van der Waals surface area (Å²) in [4.78, 5) is 20.6. The summed E-state index contributed by atoms with van der Waals surface area (Å²) in [6.45, 7) is 0.333. The molecule has 0 heterocycles. The first kappa shape index (κ1) is 12.9. The molecule has 0 amide bonds. The molecule has 0 saturated carbocycles. The maximum Gasteiger partial charge on any atom is 0.292 e. The van der Waals surface area contributed by atoms with E-state index in [-0.39, 0.29) is 23.5 Å². The number of aliphatic hydroxyl groups is 1. The summed E-state index contributed by atoms with van der Waals surface area (Å²) in [5, 5.41) is 32.6. The number of nitrogens with one attached hydrogen (secondary N) is 1. The molecule has 7 nitrogen and oxygen atoms in total. The van der Waals surface area contributed by atoms with Gasteiger partial charge in [0, 0.05) is 24.8 Å². The van der Waals surface area contributed by atoms with Crippen LogP contribution in [0.15, 0.2) is 18.2 Å². The molecule has 0 aliphatic carbocycles. The van der Waals surface area contributed by atoms with Gasteiger partial charge in [0.05, 0.1) is 10.9 Å². The van der Waals surface area contributed by atoms with Crippen molar-refractivity contribution in [2.75, 3.05) is 18.5 Å². The molecule has 0 radical (unpaired) electrons. The second-order valence-corrected chi connectivity index (χ2v) is 3.28. The van der Waals surface area contributed by atoms with Crippen LogP contribution in [0.4, 0.5) is 11.4 Å². The molecule has 1 aromatic carbocycles. The zero-order valence-electron chi connectivity index (χ0n) is 8.88. The lowest BCUT2D eigenvalue weighted by Crippen LogP contribution is -2.22. The van der Waals surface area contributed by atoms with E-state index in [0.717, 1.165) is 6.07 Å². The highest BCUT2D eigenvalue weighted by Crippen LogP contribution is 2.25. The number of rotatable bonds is 6. The van der Waals surface area contributed by atoms with E-state index in [1.807, 2.05) is 0 Å². The van der Waals surface area contributed by atoms with Crippen molar-refractivity contribution in [3.05, 3.63) is 33.9 Å². The van der Waals surface area contributed by atoms with Gasteiger partial charge in [-0.3, -0.25) is 10.1 Å². The van der Waals surface area contributed by atoms with Gasteiger partial charge < -0.3 is 20.3 Å². The molecule has 17 heavy (non-hydrogen) atoms. The van der Waals surface area contributed by atoms with Crippen molar-refractivity contribution in [1.29, 1.82) is 0 Å². The summed E-state index contributed by atoms with van der Waals surface area (Å²) in [6, 6.07) is 3.47. The van der Waals surface area contributed by atoms with E-state index in [2.05, 4.69) is 5.32 Å². The minimum atomic E-state index is -1.46. The molecule has 7 heteroatoms. The Bertz CT molecular complexity index is 433. The van der Waals surface area contributed by atoms with Crippen LogP contribution in [0.1, 0.15) is 16.8 Å². The molecule has 2 N–H and O–H groups in total. The number of carbonyl (C=O) groups excluding carboxylic acids is 1. The Hall–Kier alpha value is -2.15. The van der Waals surface area contributed by atoms with Crippen LogP contribution in [0.2, 0.25) is 0 Å². The maximum atomic E-state index is 10.7. The third-order valence-electron chi connectivity index (χ3n) is 2.08. The zero-order chi connectivity index (χ0) is 12.8. The van der Waals surface area contributed by atoms with Crippen molar-refractivity contribution in [3.8, 4) is 0 Å². The summed E-state index contributed by atoms with van der Waals surface area (Å²) in [6.07, 6.45) is 0.444. The van der Waals surface area contributed by atoms with Crippen LogP contribution in [0.3, 0.4) is 0 Å². The molecule has 0 aromatic heterocycles. The molecule has 0 atom stereocenters. The van der Waals surface area contributed by atoms with Crippen molar-refractivity contribution < 1.29 is 19.9 Å². The van der Waals surface area contributed by atoms with Crippen LogP contribution < -0.4 is 10.4 Å². The van der Waals surface area contributed by atoms with Gasteiger partial charge in [-0.1, -0.05) is 6.07 Å². The SMILES string of the molecule is O=C([O-])c1ccc(NCCCO)c([N+](=O)[O-])c1. The fourth-order valence-electron chi connectivity index (χ4n) is 1.26. The number of carboxylic acids is 1. The van der Waals surface area contributed by atoms with Crippen LogP contribution in [-0.2, 0) is 0 Å². The second kappa shape index (κ2) is 5.80. The number of carboxylic acid groups (broad SMARTS) is 1. The third-order valence-corrected chi connectivity index (χ3v) is 2.08. The van der Waals surface area contributed by atoms with Gasteiger partial charge in [0.2, 0.25) is 0 Å². The van der Waals surface area contributed by atoms with Crippen LogP contribution >= 0.6 is 0 Å². The van der Waals surface area contributed by atoms with Crippen molar-refractivity contribution in [3.63, 3.8) is 0 Å². The molecule has 0 aliphatic heterocycles. The molecule has 0 aliphatic rings. The van der Waals surface area contributed by atoms with E-state index in [4.69, 9.17) is 5.11 Å². The van der Waals surface area contributed by atoms with E-state index < -0.39 is 10.9 Å². The van der Waals surface area contributed by atoms with E-state index in [1.165, 1.54) is 12.1 Å². The second-order valence-electron chi connectivity index (χ2n) is 3.28. The van der Waals surface area contributed by atoms with E-state index in [0.29, 0.717) is 13.0 Å². The van der Waals surface area contributed by atoms with Gasteiger partial charge in [-0.2, -0.15) is 0 Å². The number of aromatic carboxylic acids is 1. The quantitative estimate of drug-likeness (QED) is 0.402. The predicted octanol–water partition coefficient (Wildman–Crippen LogP) is -0.247. The molecule has 1 rings (SSSR count). The van der Waals surface area contributed by atoms with Crippen molar-refractivity contribution >= 4 is 17.3 Å². The summed E-state index contributed by atoms with van der Waals surface area (Å²) in [5.74, 6) is -1.46. The maximum absolute atomic E-state index is 10.7. The van der Waals surface area contributed by atoms with Crippen LogP contribution in [-0.4, -0.2) is 29.2 Å². The number of nitro benzene ring substituents is 1. The predicted molar refractivity (Wildman–Crippen MR) is 57.6 cm³/mol. The molecule has 0 bridgehead atoms. The Morgan fingerprint density at radius 2 is 2.18 bits per heavy atom. The minimum Gasteiger partial charge on any atom is -0.545 e. The van der Waals surface area contributed by atoms with Gasteiger partial charge in [-0.25, -0.2) is 0 Å². The first-order valence-corrected chi connectivity index (χ1v) is 4.90. The number of nitro groups is 1. The number of carbonyl (C=O) groups is 1. The Morgan fingerprint density at radius 1 is 1.47 bits per heavy atom. The number of hydrogen-bond donors (Lipinski definition) is 2. The number of nitrogens with zero attached hydrogens (tertiary/aromatic N) is 1. The highest BCUT2D eigenvalue weighted by atomic mass is 16.6. The topological polar surface area (TPSA) is 116 Å². The van der Waals surface area contributed by atoms with Crippen molar-refractivity contribution in [2.45, 2.75) is 6.42 Å². The average Bonchev–Trinajstić information content (AvgIpc) is 2.29. The monoisotopic (exact) mass is 239 g/mol. The van der Waals surface area contributed by atoms with Crippen molar-refractivity contribution in [2.24, 2.45) is 0 Å². The molecule has 92 valence electrons. The third kappa shape index (κ3) is 3.42. The first-order valence-electron chi connectivity index (χ1n) is 4.90. The first-order chi connectivity index (χ1) is 8.06. The average molecular weight is 239 g/mol. The van der Waals surface area contributed by atoms with Crippen molar-refractivity contribution in [1.82, 2.24) is 0 Å². The van der Waals surface area contributed by atoms with E-state index >= 15 is 0 Å². The fourth-order valence-corrected chi connectivity index (χ4v) is 1.26. The Balaban J connectivity index is 2.96. The van der Waals surface area contributed by atoms with Crippen LogP contribution in [0.5, 0.6) is 0 Å². The molecule has 0 fully saturated rings. The molecule has 0 saturated heterocycles. The highest BCUT2D eigenvalue weighted by molar-refractivity contribution is 5.88. The summed E-state index contributed by atoms with van der Waals surface area (Å²) >= 11 is 0. The molecule has 0 unspecified atom stereocenters. The van der Waals surface area contributed by atoms with E-state index in [1.54, 1.807) is 0 Å². The minimum absolute atomic E-state index is 0.0298. The van der Waals surface area contributed by atoms with Gasteiger partial charge in [0.1, 0.15) is 5.69 Å². The normalized spacial score (nSPS) is 9.94. The molecular weight excluding hydrogens is 228 g/mol. The Labute approximate surface area is 96.8 Å². The van der Waals surface area contributed by atoms with Gasteiger partial charge >= 0.3 is 0 Å². The Morgan fingerprint density at radius 3 is 2.71 bits per heavy atom. The standard InChI is InChI=1S/C10H12N2O5/c13-5-1-4-11-8-3-2-7(10(14)15)6-9(8)12(16)17/h2-3,6,11,13H,1,4-5H2,(H,14,15)/p-1. The summed E-state index contributed by atoms with van der Waals surface area (Å²) < 4.78 is 0. The summed E-state index contributed by atoms with van der Waals surface area (Å²) in [5.41, 5.74) is -0.359. The van der Waals surface area contributed by atoms with Gasteiger partial charge in [0.25, 0.3) is 5.69 Å². The number of anilines is 1. The van der Waals surface area contributed by atoms with Crippen LogP contribution in [0, 0.1) is 10.1 Å². The van der Waals surface area contributed by atoms with Crippen LogP contribution in [0.25, 0.3) is 0 Å². The lowest BCUT2D eigenvalue weighted by Gasteiger charge is -2.08. The van der Waals surface area contributed by atoms with Gasteiger partial charge in [0.15, 0.2) is 0 Å².